The number of hydrogen-bond donors (Lipinski definition) is 0. The van der Waals surface area contributed by atoms with E-state index in [-0.39, 0.29) is 5.97 Å². The Labute approximate surface area is 158 Å². The Hall–Kier alpha value is -2.40. The summed E-state index contributed by atoms with van der Waals surface area (Å²) in [5.74, 6) is 0.0773. The lowest BCUT2D eigenvalue weighted by Crippen LogP contribution is -2.09. The molecule has 0 atom stereocenters. The van der Waals surface area contributed by atoms with Crippen molar-refractivity contribution in [3.63, 3.8) is 0 Å². The van der Waals surface area contributed by atoms with Gasteiger partial charge in [0.1, 0.15) is 6.33 Å². The van der Waals surface area contributed by atoms with Crippen LogP contribution in [0.1, 0.15) is 35.5 Å². The molecule has 0 unspecified atom stereocenters. The summed E-state index contributed by atoms with van der Waals surface area (Å²) in [5, 5.41) is 1.55. The maximum atomic E-state index is 12.3. The second kappa shape index (κ2) is 7.08. The molecule has 0 radical (unpaired) electrons. The van der Waals surface area contributed by atoms with Gasteiger partial charge in [0.2, 0.25) is 0 Å². The van der Waals surface area contributed by atoms with Crippen molar-refractivity contribution in [2.24, 2.45) is 13.0 Å². The Balaban J connectivity index is 2.33. The predicted octanol–water partition coefficient (Wildman–Crippen LogP) is 4.58. The zero-order valence-corrected chi connectivity index (χ0v) is 16.4. The summed E-state index contributed by atoms with van der Waals surface area (Å²) in [7, 11) is 3.38. The van der Waals surface area contributed by atoms with Crippen molar-refractivity contribution < 1.29 is 9.53 Å². The van der Waals surface area contributed by atoms with E-state index in [4.69, 9.17) is 16.3 Å². The molecule has 0 bridgehead atoms. The van der Waals surface area contributed by atoms with Crippen LogP contribution in [-0.2, 0) is 18.2 Å². The van der Waals surface area contributed by atoms with Crippen molar-refractivity contribution in [3.05, 3.63) is 46.5 Å². The number of rotatable bonds is 4. The van der Waals surface area contributed by atoms with Crippen LogP contribution in [0.25, 0.3) is 22.2 Å². The van der Waals surface area contributed by atoms with Crippen LogP contribution in [0.5, 0.6) is 0 Å². The van der Waals surface area contributed by atoms with Gasteiger partial charge in [0.15, 0.2) is 0 Å². The van der Waals surface area contributed by atoms with Gasteiger partial charge >= 0.3 is 5.97 Å². The lowest BCUT2D eigenvalue weighted by molar-refractivity contribution is 0.0599. The summed E-state index contributed by atoms with van der Waals surface area (Å²) in [4.78, 5) is 20.8. The molecule has 0 spiro atoms. The highest BCUT2D eigenvalue weighted by molar-refractivity contribution is 6.34. The van der Waals surface area contributed by atoms with Crippen LogP contribution in [0.4, 0.5) is 0 Å². The number of esters is 1. The number of fused-ring (bicyclic) bond motifs is 1. The van der Waals surface area contributed by atoms with Gasteiger partial charge in [-0.25, -0.2) is 14.8 Å². The molecule has 0 aliphatic carbocycles. The van der Waals surface area contributed by atoms with Gasteiger partial charge < -0.3 is 9.30 Å². The van der Waals surface area contributed by atoms with Gasteiger partial charge in [-0.15, -0.1) is 0 Å². The van der Waals surface area contributed by atoms with Crippen LogP contribution in [0.2, 0.25) is 5.02 Å². The first-order chi connectivity index (χ1) is 12.3. The monoisotopic (exact) mass is 371 g/mol. The standard InChI is InChI=1S/C20H22ClN3O2/c1-11(2)8-15-14(20(25)26-5)7-6-13-16(9-24(4)19(13)15)18-17(21)12(3)22-10-23-18/h6-7,9-11H,8H2,1-5H3. The summed E-state index contributed by atoms with van der Waals surface area (Å²) >= 11 is 6.46. The number of aromatic nitrogens is 3. The molecule has 136 valence electrons. The molecule has 1 aromatic carbocycles. The molecule has 0 aliphatic heterocycles. The fourth-order valence-corrected chi connectivity index (χ4v) is 3.53. The van der Waals surface area contributed by atoms with Crippen LogP contribution in [0.15, 0.2) is 24.7 Å². The summed E-state index contributed by atoms with van der Waals surface area (Å²) in [5.41, 5.74) is 4.96. The van der Waals surface area contributed by atoms with Gasteiger partial charge in [-0.05, 0) is 30.9 Å². The minimum absolute atomic E-state index is 0.318. The smallest absolute Gasteiger partial charge is 0.338 e. The molecule has 0 saturated carbocycles. The zero-order valence-electron chi connectivity index (χ0n) is 15.6. The molecule has 0 aliphatic rings. The molecule has 2 heterocycles. The molecule has 0 saturated heterocycles. The lowest BCUT2D eigenvalue weighted by atomic mass is 9.94. The zero-order chi connectivity index (χ0) is 19.0. The Bertz CT molecular complexity index is 992. The van der Waals surface area contributed by atoms with Crippen molar-refractivity contribution in [1.82, 2.24) is 14.5 Å². The SMILES string of the molecule is COC(=O)c1ccc2c(-c3ncnc(C)c3Cl)cn(C)c2c1CC(C)C. The van der Waals surface area contributed by atoms with Gasteiger partial charge in [0.25, 0.3) is 0 Å². The van der Waals surface area contributed by atoms with E-state index >= 15 is 0 Å². The number of nitrogens with zero attached hydrogens (tertiary/aromatic N) is 3. The molecule has 3 rings (SSSR count). The third kappa shape index (κ3) is 3.07. The van der Waals surface area contributed by atoms with Crippen LogP contribution in [-0.4, -0.2) is 27.6 Å². The van der Waals surface area contributed by atoms with Gasteiger partial charge in [0, 0.05) is 24.2 Å². The fraction of sp³-hybridized carbons (Fsp3) is 0.350. The van der Waals surface area contributed by atoms with E-state index in [1.165, 1.54) is 13.4 Å². The molecule has 0 fully saturated rings. The Morgan fingerprint density at radius 1 is 1.31 bits per heavy atom. The Kier molecular flexibility index (Phi) is 5.01. The van der Waals surface area contributed by atoms with E-state index in [1.54, 1.807) is 0 Å². The number of aryl methyl sites for hydroxylation is 2. The highest BCUT2D eigenvalue weighted by atomic mass is 35.5. The number of halogens is 1. The quantitative estimate of drug-likeness (QED) is 0.630. The first-order valence-electron chi connectivity index (χ1n) is 8.51. The van der Waals surface area contributed by atoms with E-state index in [1.807, 2.05) is 36.9 Å². The number of ether oxygens (including phenoxy) is 1. The second-order valence-electron chi connectivity index (χ2n) is 6.85. The molecular formula is C20H22ClN3O2. The second-order valence-corrected chi connectivity index (χ2v) is 7.23. The highest BCUT2D eigenvalue weighted by Gasteiger charge is 2.22. The van der Waals surface area contributed by atoms with Gasteiger partial charge in [-0.3, -0.25) is 0 Å². The number of carbonyl (C=O) groups excluding carboxylic acids is 1. The van der Waals surface area contributed by atoms with E-state index < -0.39 is 0 Å². The van der Waals surface area contributed by atoms with Crippen molar-refractivity contribution in [3.8, 4) is 11.3 Å². The largest absolute Gasteiger partial charge is 0.465 e. The molecule has 26 heavy (non-hydrogen) atoms. The third-order valence-electron chi connectivity index (χ3n) is 4.48. The van der Waals surface area contributed by atoms with E-state index in [0.717, 1.165) is 34.1 Å². The van der Waals surface area contributed by atoms with Crippen LogP contribution >= 0.6 is 11.6 Å². The summed E-state index contributed by atoms with van der Waals surface area (Å²) in [6, 6.07) is 3.77. The van der Waals surface area contributed by atoms with Crippen molar-refractivity contribution in [2.75, 3.05) is 7.11 Å². The van der Waals surface area contributed by atoms with E-state index in [0.29, 0.717) is 22.2 Å². The molecule has 5 nitrogen and oxygen atoms in total. The minimum Gasteiger partial charge on any atom is -0.465 e. The predicted molar refractivity (Wildman–Crippen MR) is 104 cm³/mol. The first-order valence-corrected chi connectivity index (χ1v) is 8.89. The Morgan fingerprint density at radius 2 is 2.04 bits per heavy atom. The number of carbonyl (C=O) groups is 1. The molecule has 0 amide bonds. The van der Waals surface area contributed by atoms with Crippen LogP contribution in [0, 0.1) is 12.8 Å². The first kappa shape index (κ1) is 18.4. The average molecular weight is 372 g/mol. The van der Waals surface area contributed by atoms with Crippen LogP contribution in [0.3, 0.4) is 0 Å². The molecule has 2 aromatic heterocycles. The van der Waals surface area contributed by atoms with E-state index in [9.17, 15) is 4.79 Å². The molecular weight excluding hydrogens is 350 g/mol. The summed E-state index contributed by atoms with van der Waals surface area (Å²) in [6.45, 7) is 6.13. The van der Waals surface area contributed by atoms with Crippen molar-refractivity contribution >= 4 is 28.5 Å². The van der Waals surface area contributed by atoms with Gasteiger partial charge in [-0.2, -0.15) is 0 Å². The fourth-order valence-electron chi connectivity index (χ4n) is 3.33. The topological polar surface area (TPSA) is 57.0 Å². The normalized spacial score (nSPS) is 11.3. The summed E-state index contributed by atoms with van der Waals surface area (Å²) < 4.78 is 7.01. The van der Waals surface area contributed by atoms with E-state index in [2.05, 4.69) is 23.8 Å². The van der Waals surface area contributed by atoms with Gasteiger partial charge in [0.05, 0.1) is 34.6 Å². The van der Waals surface area contributed by atoms with Crippen molar-refractivity contribution in [1.29, 1.82) is 0 Å². The number of hydrogen-bond acceptors (Lipinski definition) is 4. The Morgan fingerprint density at radius 3 is 2.69 bits per heavy atom. The van der Waals surface area contributed by atoms with Crippen LogP contribution < -0.4 is 0 Å². The number of benzene rings is 1. The average Bonchev–Trinajstić information content (AvgIpc) is 2.93. The number of methoxy groups -OCH3 is 1. The summed E-state index contributed by atoms with van der Waals surface area (Å²) in [6.07, 6.45) is 4.30. The maximum absolute atomic E-state index is 12.3. The highest BCUT2D eigenvalue weighted by Crippen LogP contribution is 2.37. The molecule has 3 aromatic rings. The minimum atomic E-state index is -0.318. The van der Waals surface area contributed by atoms with Gasteiger partial charge in [-0.1, -0.05) is 31.5 Å². The molecule has 6 heteroatoms. The lowest BCUT2D eigenvalue weighted by Gasteiger charge is -2.13. The third-order valence-corrected chi connectivity index (χ3v) is 4.94. The van der Waals surface area contributed by atoms with Crippen molar-refractivity contribution in [2.45, 2.75) is 27.2 Å². The maximum Gasteiger partial charge on any atom is 0.338 e. The molecule has 0 N–H and O–H groups in total.